The molecule has 0 heterocycles. The maximum Gasteiger partial charge on any atom is 0.308 e. The van der Waals surface area contributed by atoms with E-state index in [-0.39, 0.29) is 17.7 Å². The van der Waals surface area contributed by atoms with E-state index in [4.69, 9.17) is 4.74 Å². The van der Waals surface area contributed by atoms with Crippen molar-refractivity contribution in [3.05, 3.63) is 0 Å². The minimum Gasteiger partial charge on any atom is -0.465 e. The highest BCUT2D eigenvalue weighted by Gasteiger charge is 2.14. The Hall–Kier alpha value is -0.860. The van der Waals surface area contributed by atoms with Gasteiger partial charge in [-0.2, -0.15) is 0 Å². The van der Waals surface area contributed by atoms with Crippen molar-refractivity contribution in [1.29, 1.82) is 0 Å². The highest BCUT2D eigenvalue weighted by molar-refractivity contribution is 5.77. The van der Waals surface area contributed by atoms with Crippen molar-refractivity contribution in [3.63, 3.8) is 0 Å². The van der Waals surface area contributed by atoms with Crippen LogP contribution < -0.4 is 0 Å². The summed E-state index contributed by atoms with van der Waals surface area (Å²) in [6, 6.07) is 0. The lowest BCUT2D eigenvalue weighted by Crippen LogP contribution is -2.16. The lowest BCUT2D eigenvalue weighted by atomic mass is 10.0. The summed E-state index contributed by atoms with van der Waals surface area (Å²) in [6.45, 7) is 5.97. The number of rotatable bonds is 8. The molecule has 0 fully saturated rings. The number of hydrogen-bond donors (Lipinski definition) is 0. The Morgan fingerprint density at radius 1 is 1.27 bits per heavy atom. The lowest BCUT2D eigenvalue weighted by molar-refractivity contribution is -0.148. The largest absolute Gasteiger partial charge is 0.465 e. The van der Waals surface area contributed by atoms with Crippen LogP contribution in [0.15, 0.2) is 0 Å². The molecule has 0 radical (unpaired) electrons. The van der Waals surface area contributed by atoms with Gasteiger partial charge < -0.3 is 9.53 Å². The van der Waals surface area contributed by atoms with E-state index >= 15 is 0 Å². The van der Waals surface area contributed by atoms with Gasteiger partial charge in [0.2, 0.25) is 0 Å². The smallest absolute Gasteiger partial charge is 0.308 e. The van der Waals surface area contributed by atoms with Crippen LogP contribution >= 0.6 is 0 Å². The van der Waals surface area contributed by atoms with Crippen LogP contribution in [0.1, 0.15) is 52.9 Å². The van der Waals surface area contributed by atoms with E-state index in [1.165, 1.54) is 0 Å². The molecule has 88 valence electrons. The van der Waals surface area contributed by atoms with E-state index < -0.39 is 0 Å². The maximum atomic E-state index is 11.4. The molecule has 0 spiro atoms. The Kier molecular flexibility index (Phi) is 7.96. The van der Waals surface area contributed by atoms with Gasteiger partial charge in [0, 0.05) is 6.42 Å². The zero-order chi connectivity index (χ0) is 11.7. The first-order valence-electron chi connectivity index (χ1n) is 5.74. The summed E-state index contributed by atoms with van der Waals surface area (Å²) in [4.78, 5) is 22.1. The number of ether oxygens (including phenoxy) is 1. The van der Waals surface area contributed by atoms with Gasteiger partial charge in [0.15, 0.2) is 0 Å². The van der Waals surface area contributed by atoms with Crippen molar-refractivity contribution in [3.8, 4) is 0 Å². The molecule has 0 aliphatic heterocycles. The second-order valence-corrected chi connectivity index (χ2v) is 4.02. The number of ketones is 1. The summed E-state index contributed by atoms with van der Waals surface area (Å²) in [7, 11) is 0. The lowest BCUT2D eigenvalue weighted by Gasteiger charge is -2.10. The second kappa shape index (κ2) is 8.45. The van der Waals surface area contributed by atoms with Gasteiger partial charge >= 0.3 is 5.97 Å². The summed E-state index contributed by atoms with van der Waals surface area (Å²) in [5.74, 6) is -0.205. The quantitative estimate of drug-likeness (QED) is 0.461. The third kappa shape index (κ3) is 8.16. The van der Waals surface area contributed by atoms with Crippen molar-refractivity contribution < 1.29 is 14.3 Å². The van der Waals surface area contributed by atoms with Crippen LogP contribution in [0, 0.1) is 5.92 Å². The first-order valence-corrected chi connectivity index (χ1v) is 5.74. The SMILES string of the molecule is CCCCCOC(=O)C(C)CCC(C)=O. The van der Waals surface area contributed by atoms with Gasteiger partial charge in [-0.25, -0.2) is 0 Å². The van der Waals surface area contributed by atoms with Crippen molar-refractivity contribution in [2.75, 3.05) is 6.61 Å². The predicted octanol–water partition coefficient (Wildman–Crippen LogP) is 2.73. The number of carbonyl (C=O) groups is 2. The van der Waals surface area contributed by atoms with Crippen LogP contribution in [0.4, 0.5) is 0 Å². The zero-order valence-corrected chi connectivity index (χ0v) is 10.0. The van der Waals surface area contributed by atoms with Gasteiger partial charge in [0.25, 0.3) is 0 Å². The molecule has 1 unspecified atom stereocenters. The van der Waals surface area contributed by atoms with Crippen LogP contribution in [0.25, 0.3) is 0 Å². The van der Waals surface area contributed by atoms with E-state index in [1.54, 1.807) is 6.92 Å². The molecule has 0 saturated carbocycles. The van der Waals surface area contributed by atoms with Crippen LogP contribution in [0.2, 0.25) is 0 Å². The van der Waals surface area contributed by atoms with Crippen molar-refractivity contribution >= 4 is 11.8 Å². The molecule has 15 heavy (non-hydrogen) atoms. The third-order valence-corrected chi connectivity index (χ3v) is 2.32. The van der Waals surface area contributed by atoms with Gasteiger partial charge in [-0.15, -0.1) is 0 Å². The van der Waals surface area contributed by atoms with Crippen LogP contribution in [-0.2, 0) is 14.3 Å². The fourth-order valence-corrected chi connectivity index (χ4v) is 1.20. The van der Waals surface area contributed by atoms with E-state index in [9.17, 15) is 9.59 Å². The number of Topliss-reactive ketones (excluding diaryl/α,β-unsaturated/α-hetero) is 1. The topological polar surface area (TPSA) is 43.4 Å². The summed E-state index contributed by atoms with van der Waals surface area (Å²) in [5, 5.41) is 0. The van der Waals surface area contributed by atoms with Gasteiger partial charge in [0.1, 0.15) is 5.78 Å². The van der Waals surface area contributed by atoms with E-state index in [1.807, 2.05) is 6.92 Å². The molecule has 0 aromatic heterocycles. The Balaban J connectivity index is 3.55. The van der Waals surface area contributed by atoms with Crippen molar-refractivity contribution in [1.82, 2.24) is 0 Å². The molecular formula is C12H22O3. The highest BCUT2D eigenvalue weighted by Crippen LogP contribution is 2.08. The Bertz CT molecular complexity index is 199. The fourth-order valence-electron chi connectivity index (χ4n) is 1.20. The van der Waals surface area contributed by atoms with E-state index in [2.05, 4.69) is 6.92 Å². The molecule has 0 rings (SSSR count). The highest BCUT2D eigenvalue weighted by atomic mass is 16.5. The maximum absolute atomic E-state index is 11.4. The first-order chi connectivity index (χ1) is 7.07. The van der Waals surface area contributed by atoms with Gasteiger partial charge in [-0.05, 0) is 19.8 Å². The van der Waals surface area contributed by atoms with Crippen LogP contribution in [0.3, 0.4) is 0 Å². The predicted molar refractivity (Wildman–Crippen MR) is 59.6 cm³/mol. The number of hydrogen-bond acceptors (Lipinski definition) is 3. The molecule has 0 saturated heterocycles. The number of esters is 1. The molecule has 1 atom stereocenters. The van der Waals surface area contributed by atoms with Crippen molar-refractivity contribution in [2.24, 2.45) is 5.92 Å². The Morgan fingerprint density at radius 2 is 1.93 bits per heavy atom. The molecule has 0 aliphatic carbocycles. The van der Waals surface area contributed by atoms with Crippen LogP contribution in [-0.4, -0.2) is 18.4 Å². The number of carbonyl (C=O) groups excluding carboxylic acids is 2. The molecule has 0 aromatic rings. The Morgan fingerprint density at radius 3 is 2.47 bits per heavy atom. The Labute approximate surface area is 92.2 Å². The molecule has 0 aromatic carbocycles. The summed E-state index contributed by atoms with van der Waals surface area (Å²) >= 11 is 0. The zero-order valence-electron chi connectivity index (χ0n) is 10.0. The molecular weight excluding hydrogens is 192 g/mol. The summed E-state index contributed by atoms with van der Waals surface area (Å²) in [5.41, 5.74) is 0. The van der Waals surface area contributed by atoms with Gasteiger partial charge in [-0.1, -0.05) is 26.7 Å². The van der Waals surface area contributed by atoms with Crippen molar-refractivity contribution in [2.45, 2.75) is 52.9 Å². The van der Waals surface area contributed by atoms with Gasteiger partial charge in [0.05, 0.1) is 12.5 Å². The molecule has 0 N–H and O–H groups in total. The fraction of sp³-hybridized carbons (Fsp3) is 0.833. The van der Waals surface area contributed by atoms with E-state index in [0.29, 0.717) is 19.4 Å². The normalized spacial score (nSPS) is 12.2. The third-order valence-electron chi connectivity index (χ3n) is 2.32. The molecule has 0 bridgehead atoms. The van der Waals surface area contributed by atoms with Gasteiger partial charge in [-0.3, -0.25) is 4.79 Å². The summed E-state index contributed by atoms with van der Waals surface area (Å²) in [6.07, 6.45) is 4.21. The summed E-state index contributed by atoms with van der Waals surface area (Å²) < 4.78 is 5.09. The minimum atomic E-state index is -0.174. The average Bonchev–Trinajstić information content (AvgIpc) is 2.20. The van der Waals surface area contributed by atoms with Crippen LogP contribution in [0.5, 0.6) is 0 Å². The standard InChI is InChI=1S/C12H22O3/c1-4-5-6-9-15-12(14)10(2)7-8-11(3)13/h10H,4-9H2,1-3H3. The minimum absolute atomic E-state index is 0.126. The molecule has 0 aliphatic rings. The first kappa shape index (κ1) is 14.1. The number of unbranched alkanes of at least 4 members (excludes halogenated alkanes) is 2. The molecule has 3 heteroatoms. The average molecular weight is 214 g/mol. The second-order valence-electron chi connectivity index (χ2n) is 4.02. The molecule has 0 amide bonds. The van der Waals surface area contributed by atoms with E-state index in [0.717, 1.165) is 19.3 Å². The molecule has 3 nitrogen and oxygen atoms in total. The monoisotopic (exact) mass is 214 g/mol.